The Morgan fingerprint density at radius 3 is 1.97 bits per heavy atom. The van der Waals surface area contributed by atoms with Gasteiger partial charge in [-0.25, -0.2) is 4.79 Å². The van der Waals surface area contributed by atoms with Gasteiger partial charge in [-0.3, -0.25) is 4.79 Å². The maximum absolute atomic E-state index is 12.2. The standard InChI is InChI=1S/C23H27NO8/c1-28-17-9-7-14(11-18(17)32-23(27)16(24)8-10-21(25)26)5-6-15-12-19(29-2)22(31-4)20(13-15)30-3/h5-7,9,11-13,16H,8,10,24H2,1-4H3,(H,25,26)/b6-5+. The average Bonchev–Trinajstić information content (AvgIpc) is 2.80. The molecule has 0 aliphatic carbocycles. The summed E-state index contributed by atoms with van der Waals surface area (Å²) in [7, 11) is 6.05. The minimum absolute atomic E-state index is 0.0305. The van der Waals surface area contributed by atoms with Crippen molar-refractivity contribution in [3.05, 3.63) is 41.5 Å². The predicted molar refractivity (Wildman–Crippen MR) is 119 cm³/mol. The van der Waals surface area contributed by atoms with Gasteiger partial charge in [-0.05, 0) is 41.8 Å². The molecule has 2 aromatic rings. The zero-order chi connectivity index (χ0) is 23.7. The van der Waals surface area contributed by atoms with Gasteiger partial charge in [-0.1, -0.05) is 18.2 Å². The van der Waals surface area contributed by atoms with Crippen molar-refractivity contribution in [1.82, 2.24) is 0 Å². The van der Waals surface area contributed by atoms with Crippen LogP contribution < -0.4 is 29.4 Å². The Kier molecular flexibility index (Phi) is 8.91. The number of benzene rings is 2. The lowest BCUT2D eigenvalue weighted by molar-refractivity contribution is -0.138. The highest BCUT2D eigenvalue weighted by Crippen LogP contribution is 2.38. The molecule has 2 aromatic carbocycles. The molecular weight excluding hydrogens is 418 g/mol. The largest absolute Gasteiger partial charge is 0.493 e. The lowest BCUT2D eigenvalue weighted by atomic mass is 10.1. The van der Waals surface area contributed by atoms with Gasteiger partial charge in [0.25, 0.3) is 0 Å². The molecule has 0 fully saturated rings. The van der Waals surface area contributed by atoms with Crippen LogP contribution in [0, 0.1) is 0 Å². The molecule has 0 aliphatic heterocycles. The number of carboxylic acid groups (broad SMARTS) is 1. The van der Waals surface area contributed by atoms with Crippen molar-refractivity contribution in [2.45, 2.75) is 18.9 Å². The monoisotopic (exact) mass is 445 g/mol. The first-order valence-corrected chi connectivity index (χ1v) is 9.68. The minimum atomic E-state index is -1.06. The van der Waals surface area contributed by atoms with Gasteiger partial charge in [0.05, 0.1) is 28.4 Å². The van der Waals surface area contributed by atoms with E-state index >= 15 is 0 Å². The molecule has 9 nitrogen and oxygen atoms in total. The Hall–Kier alpha value is -3.72. The van der Waals surface area contributed by atoms with Gasteiger partial charge >= 0.3 is 11.9 Å². The van der Waals surface area contributed by atoms with Crippen LogP contribution in [0.2, 0.25) is 0 Å². The number of hydrogen-bond donors (Lipinski definition) is 2. The molecule has 2 rings (SSSR count). The fourth-order valence-electron chi connectivity index (χ4n) is 2.85. The third-order valence-electron chi connectivity index (χ3n) is 4.53. The number of carbonyl (C=O) groups is 2. The summed E-state index contributed by atoms with van der Waals surface area (Å²) in [6, 6.07) is 7.59. The Morgan fingerprint density at radius 1 is 0.875 bits per heavy atom. The zero-order valence-electron chi connectivity index (χ0n) is 18.4. The first-order chi connectivity index (χ1) is 15.3. The number of nitrogens with two attached hydrogens (primary N) is 1. The molecule has 3 N–H and O–H groups in total. The summed E-state index contributed by atoms with van der Waals surface area (Å²) in [6.07, 6.45) is 3.38. The van der Waals surface area contributed by atoms with Gasteiger partial charge in [0, 0.05) is 6.42 Å². The van der Waals surface area contributed by atoms with Crippen LogP contribution in [0.1, 0.15) is 24.0 Å². The van der Waals surface area contributed by atoms with Gasteiger partial charge in [0.2, 0.25) is 5.75 Å². The van der Waals surface area contributed by atoms with E-state index in [1.807, 2.05) is 12.2 Å². The Labute approximate surface area is 186 Å². The first-order valence-electron chi connectivity index (χ1n) is 9.68. The van der Waals surface area contributed by atoms with Crippen LogP contribution in [-0.4, -0.2) is 51.5 Å². The highest BCUT2D eigenvalue weighted by Gasteiger charge is 2.19. The Morgan fingerprint density at radius 2 is 1.44 bits per heavy atom. The van der Waals surface area contributed by atoms with Crippen LogP contribution in [0.4, 0.5) is 0 Å². The van der Waals surface area contributed by atoms with E-state index in [9.17, 15) is 9.59 Å². The number of hydrogen-bond acceptors (Lipinski definition) is 8. The Balaban J connectivity index is 2.26. The highest BCUT2D eigenvalue weighted by molar-refractivity contribution is 5.80. The number of carboxylic acids is 1. The molecule has 1 unspecified atom stereocenters. The molecular formula is C23H27NO8. The average molecular weight is 445 g/mol. The molecule has 32 heavy (non-hydrogen) atoms. The van der Waals surface area contributed by atoms with Crippen molar-refractivity contribution < 1.29 is 38.4 Å². The van der Waals surface area contributed by atoms with E-state index in [1.165, 1.54) is 28.4 Å². The SMILES string of the molecule is COc1ccc(/C=C/c2cc(OC)c(OC)c(OC)c2)cc1OC(=O)C(N)CCC(=O)O. The lowest BCUT2D eigenvalue weighted by Gasteiger charge is -2.13. The summed E-state index contributed by atoms with van der Waals surface area (Å²) in [5.41, 5.74) is 7.25. The van der Waals surface area contributed by atoms with E-state index < -0.39 is 18.0 Å². The second-order valence-corrected chi connectivity index (χ2v) is 6.66. The second kappa shape index (κ2) is 11.6. The number of methoxy groups -OCH3 is 4. The number of ether oxygens (including phenoxy) is 5. The van der Waals surface area contributed by atoms with Gasteiger partial charge in [-0.2, -0.15) is 0 Å². The number of esters is 1. The molecule has 0 radical (unpaired) electrons. The normalized spacial score (nSPS) is 11.7. The minimum Gasteiger partial charge on any atom is -0.493 e. The molecule has 1 atom stereocenters. The van der Waals surface area contributed by atoms with E-state index in [0.29, 0.717) is 23.0 Å². The number of rotatable bonds is 11. The van der Waals surface area contributed by atoms with Crippen molar-refractivity contribution in [2.75, 3.05) is 28.4 Å². The van der Waals surface area contributed by atoms with Crippen molar-refractivity contribution in [2.24, 2.45) is 5.73 Å². The Bertz CT molecular complexity index is 961. The summed E-state index contributed by atoms with van der Waals surface area (Å²) in [6.45, 7) is 0. The summed E-state index contributed by atoms with van der Waals surface area (Å²) >= 11 is 0. The maximum Gasteiger partial charge on any atom is 0.328 e. The van der Waals surface area contributed by atoms with E-state index in [-0.39, 0.29) is 18.6 Å². The van der Waals surface area contributed by atoms with Gasteiger partial charge in [-0.15, -0.1) is 0 Å². The molecule has 0 aromatic heterocycles. The van der Waals surface area contributed by atoms with Gasteiger partial charge in [0.15, 0.2) is 23.0 Å². The number of aliphatic carboxylic acids is 1. The van der Waals surface area contributed by atoms with Crippen molar-refractivity contribution >= 4 is 24.1 Å². The smallest absolute Gasteiger partial charge is 0.328 e. The molecule has 0 spiro atoms. The molecule has 0 amide bonds. The molecule has 172 valence electrons. The number of carbonyl (C=O) groups excluding carboxylic acids is 1. The van der Waals surface area contributed by atoms with Crippen LogP contribution in [-0.2, 0) is 9.59 Å². The lowest BCUT2D eigenvalue weighted by Crippen LogP contribution is -2.34. The molecule has 0 saturated heterocycles. The quantitative estimate of drug-likeness (QED) is 0.305. The fourth-order valence-corrected chi connectivity index (χ4v) is 2.85. The molecule has 9 heteroatoms. The molecule has 0 bridgehead atoms. The predicted octanol–water partition coefficient (Wildman–Crippen LogP) is 2.99. The van der Waals surface area contributed by atoms with Crippen LogP contribution in [0.15, 0.2) is 30.3 Å². The fraction of sp³-hybridized carbons (Fsp3) is 0.304. The van der Waals surface area contributed by atoms with Crippen LogP contribution in [0.3, 0.4) is 0 Å². The molecule has 0 aliphatic rings. The van der Waals surface area contributed by atoms with Crippen molar-refractivity contribution in [3.8, 4) is 28.7 Å². The van der Waals surface area contributed by atoms with Gasteiger partial charge in [0.1, 0.15) is 6.04 Å². The van der Waals surface area contributed by atoms with Crippen molar-refractivity contribution in [3.63, 3.8) is 0 Å². The first kappa shape index (κ1) is 24.5. The highest BCUT2D eigenvalue weighted by atomic mass is 16.6. The summed E-state index contributed by atoms with van der Waals surface area (Å²) in [4.78, 5) is 22.9. The topological polar surface area (TPSA) is 127 Å². The van der Waals surface area contributed by atoms with E-state index in [4.69, 9.17) is 34.5 Å². The summed E-state index contributed by atoms with van der Waals surface area (Å²) < 4.78 is 26.6. The third-order valence-corrected chi connectivity index (χ3v) is 4.53. The second-order valence-electron chi connectivity index (χ2n) is 6.66. The zero-order valence-corrected chi connectivity index (χ0v) is 18.4. The molecule has 0 heterocycles. The van der Waals surface area contributed by atoms with Gasteiger partial charge < -0.3 is 34.5 Å². The van der Waals surface area contributed by atoms with E-state index in [1.54, 1.807) is 30.3 Å². The van der Waals surface area contributed by atoms with Crippen LogP contribution >= 0.6 is 0 Å². The summed E-state index contributed by atoms with van der Waals surface area (Å²) in [5.74, 6) is 0.270. The van der Waals surface area contributed by atoms with Crippen LogP contribution in [0.5, 0.6) is 28.7 Å². The van der Waals surface area contributed by atoms with Crippen molar-refractivity contribution in [1.29, 1.82) is 0 Å². The summed E-state index contributed by atoms with van der Waals surface area (Å²) in [5, 5.41) is 8.74. The third kappa shape index (κ3) is 6.39. The van der Waals surface area contributed by atoms with E-state index in [0.717, 1.165) is 11.1 Å². The maximum atomic E-state index is 12.2. The molecule has 0 saturated carbocycles. The van der Waals surface area contributed by atoms with Crippen LogP contribution in [0.25, 0.3) is 12.2 Å². The van der Waals surface area contributed by atoms with E-state index in [2.05, 4.69) is 0 Å².